The molecule has 17 heavy (non-hydrogen) atoms. The van der Waals surface area contributed by atoms with E-state index >= 15 is 0 Å². The van der Waals surface area contributed by atoms with Crippen molar-refractivity contribution in [3.63, 3.8) is 0 Å². The molecule has 0 aliphatic heterocycles. The smallest absolute Gasteiger partial charge is 0.449 e. The van der Waals surface area contributed by atoms with Gasteiger partial charge in [0.05, 0.1) is 12.4 Å². The molecule has 1 heterocycles. The van der Waals surface area contributed by atoms with Crippen LogP contribution in [0.15, 0.2) is 36.7 Å². The minimum absolute atomic E-state index is 0.0309. The first-order valence-electron chi connectivity index (χ1n) is 4.64. The average molecular weight is 234 g/mol. The van der Waals surface area contributed by atoms with Crippen molar-refractivity contribution in [1.82, 2.24) is 9.97 Å². The van der Waals surface area contributed by atoms with Crippen molar-refractivity contribution in [3.05, 3.63) is 42.5 Å². The standard InChI is InChI=1S/C11H7FN2O3/c12-8-3-1-7(2-4-8)10-13-5-9(6-14-10)17-11(15)16/h1-6H,(H,15,16). The van der Waals surface area contributed by atoms with E-state index in [2.05, 4.69) is 14.7 Å². The number of carboxylic acid groups (broad SMARTS) is 1. The summed E-state index contributed by atoms with van der Waals surface area (Å²) >= 11 is 0. The molecule has 0 unspecified atom stereocenters. The van der Waals surface area contributed by atoms with Gasteiger partial charge in [0.1, 0.15) is 5.82 Å². The second-order valence-corrected chi connectivity index (χ2v) is 3.12. The van der Waals surface area contributed by atoms with Crippen LogP contribution in [0, 0.1) is 5.82 Å². The number of hydrogen-bond donors (Lipinski definition) is 1. The maximum atomic E-state index is 12.7. The Kier molecular flexibility index (Phi) is 2.95. The number of benzene rings is 1. The molecular weight excluding hydrogens is 227 g/mol. The first-order chi connectivity index (χ1) is 8.15. The number of rotatable bonds is 2. The fraction of sp³-hybridized carbons (Fsp3) is 0. The van der Waals surface area contributed by atoms with E-state index in [0.717, 1.165) is 0 Å². The summed E-state index contributed by atoms with van der Waals surface area (Å²) in [6.45, 7) is 0. The van der Waals surface area contributed by atoms with Crippen molar-refractivity contribution >= 4 is 6.16 Å². The number of hydrogen-bond acceptors (Lipinski definition) is 4. The summed E-state index contributed by atoms with van der Waals surface area (Å²) in [5, 5.41) is 8.36. The van der Waals surface area contributed by atoms with Crippen molar-refractivity contribution in [2.75, 3.05) is 0 Å². The molecule has 0 saturated heterocycles. The highest BCUT2D eigenvalue weighted by Gasteiger charge is 2.04. The number of ether oxygens (including phenoxy) is 1. The number of nitrogens with zero attached hydrogens (tertiary/aromatic N) is 2. The summed E-state index contributed by atoms with van der Waals surface area (Å²) in [4.78, 5) is 18.1. The van der Waals surface area contributed by atoms with Crippen LogP contribution in [0.1, 0.15) is 0 Å². The zero-order valence-corrected chi connectivity index (χ0v) is 8.50. The summed E-state index contributed by atoms with van der Waals surface area (Å²) < 4.78 is 17.0. The molecule has 0 fully saturated rings. The summed E-state index contributed by atoms with van der Waals surface area (Å²) in [6, 6.07) is 5.64. The van der Waals surface area contributed by atoms with Crippen LogP contribution < -0.4 is 4.74 Å². The molecule has 0 radical (unpaired) electrons. The van der Waals surface area contributed by atoms with E-state index in [4.69, 9.17) is 5.11 Å². The van der Waals surface area contributed by atoms with Gasteiger partial charge in [0.15, 0.2) is 11.6 Å². The molecule has 1 aromatic heterocycles. The zero-order valence-electron chi connectivity index (χ0n) is 8.50. The predicted molar refractivity (Wildman–Crippen MR) is 56.1 cm³/mol. The summed E-state index contributed by atoms with van der Waals surface area (Å²) in [5.41, 5.74) is 0.633. The Morgan fingerprint density at radius 1 is 1.18 bits per heavy atom. The van der Waals surface area contributed by atoms with Gasteiger partial charge < -0.3 is 9.84 Å². The Balaban J connectivity index is 2.23. The maximum absolute atomic E-state index is 12.7. The lowest BCUT2D eigenvalue weighted by Crippen LogP contribution is -2.03. The number of carbonyl (C=O) groups is 1. The lowest BCUT2D eigenvalue weighted by molar-refractivity contribution is 0.144. The lowest BCUT2D eigenvalue weighted by atomic mass is 10.2. The molecule has 0 saturated carbocycles. The molecule has 2 aromatic rings. The highest BCUT2D eigenvalue weighted by Crippen LogP contribution is 2.16. The predicted octanol–water partition coefficient (Wildman–Crippen LogP) is 2.34. The Morgan fingerprint density at radius 2 is 1.76 bits per heavy atom. The quantitative estimate of drug-likeness (QED) is 0.807. The third-order valence-corrected chi connectivity index (χ3v) is 1.94. The van der Waals surface area contributed by atoms with Gasteiger partial charge >= 0.3 is 6.16 Å². The van der Waals surface area contributed by atoms with E-state index in [1.807, 2.05) is 0 Å². The van der Waals surface area contributed by atoms with Gasteiger partial charge in [0.2, 0.25) is 0 Å². The van der Waals surface area contributed by atoms with Crippen LogP contribution in [-0.4, -0.2) is 21.2 Å². The average Bonchev–Trinajstić information content (AvgIpc) is 2.30. The highest BCUT2D eigenvalue weighted by atomic mass is 19.1. The molecule has 0 aliphatic carbocycles. The van der Waals surface area contributed by atoms with Crippen LogP contribution in [0.25, 0.3) is 11.4 Å². The molecule has 0 bridgehead atoms. The van der Waals surface area contributed by atoms with Crippen LogP contribution in [0.3, 0.4) is 0 Å². The van der Waals surface area contributed by atoms with Crippen molar-refractivity contribution < 1.29 is 19.0 Å². The van der Waals surface area contributed by atoms with Gasteiger partial charge in [-0.1, -0.05) is 0 Å². The van der Waals surface area contributed by atoms with E-state index < -0.39 is 6.16 Å². The monoisotopic (exact) mass is 234 g/mol. The van der Waals surface area contributed by atoms with Crippen molar-refractivity contribution in [2.45, 2.75) is 0 Å². The van der Waals surface area contributed by atoms with Gasteiger partial charge in [0.25, 0.3) is 0 Å². The lowest BCUT2D eigenvalue weighted by Gasteiger charge is -2.01. The summed E-state index contributed by atoms with van der Waals surface area (Å²) in [6.07, 6.45) is 1.04. The first-order valence-corrected chi connectivity index (χ1v) is 4.64. The van der Waals surface area contributed by atoms with Crippen LogP contribution in [0.4, 0.5) is 9.18 Å². The molecule has 1 N–H and O–H groups in total. The SMILES string of the molecule is O=C(O)Oc1cnc(-c2ccc(F)cc2)nc1. The number of halogens is 1. The Morgan fingerprint density at radius 3 is 2.29 bits per heavy atom. The van der Waals surface area contributed by atoms with Crippen LogP contribution in [0.2, 0.25) is 0 Å². The van der Waals surface area contributed by atoms with E-state index in [0.29, 0.717) is 11.4 Å². The Labute approximate surface area is 95.5 Å². The normalized spacial score (nSPS) is 9.94. The van der Waals surface area contributed by atoms with Crippen LogP contribution in [-0.2, 0) is 0 Å². The van der Waals surface area contributed by atoms with Gasteiger partial charge in [-0.25, -0.2) is 19.2 Å². The Bertz CT molecular complexity index is 525. The second kappa shape index (κ2) is 4.56. The fourth-order valence-corrected chi connectivity index (χ4v) is 1.22. The summed E-state index contributed by atoms with van der Waals surface area (Å²) in [7, 11) is 0. The van der Waals surface area contributed by atoms with Crippen molar-refractivity contribution in [1.29, 1.82) is 0 Å². The van der Waals surface area contributed by atoms with E-state index in [-0.39, 0.29) is 11.6 Å². The molecule has 1 aromatic carbocycles. The van der Waals surface area contributed by atoms with E-state index in [1.54, 1.807) is 0 Å². The highest BCUT2D eigenvalue weighted by molar-refractivity contribution is 5.61. The molecule has 0 amide bonds. The molecule has 2 rings (SSSR count). The minimum Gasteiger partial charge on any atom is -0.449 e. The van der Waals surface area contributed by atoms with Gasteiger partial charge in [-0.3, -0.25) is 0 Å². The van der Waals surface area contributed by atoms with Crippen molar-refractivity contribution in [3.8, 4) is 17.1 Å². The molecule has 86 valence electrons. The van der Waals surface area contributed by atoms with Gasteiger partial charge in [-0.2, -0.15) is 0 Å². The molecule has 5 nitrogen and oxygen atoms in total. The molecule has 0 spiro atoms. The number of aromatic nitrogens is 2. The largest absolute Gasteiger partial charge is 0.511 e. The molecular formula is C11H7FN2O3. The van der Waals surface area contributed by atoms with E-state index in [9.17, 15) is 9.18 Å². The van der Waals surface area contributed by atoms with Crippen LogP contribution in [0.5, 0.6) is 5.75 Å². The summed E-state index contributed by atoms with van der Waals surface area (Å²) in [5.74, 6) is 0.0469. The maximum Gasteiger partial charge on any atom is 0.511 e. The minimum atomic E-state index is -1.43. The molecule has 0 aliphatic rings. The van der Waals surface area contributed by atoms with Gasteiger partial charge in [0, 0.05) is 5.56 Å². The van der Waals surface area contributed by atoms with Crippen LogP contribution >= 0.6 is 0 Å². The third kappa shape index (κ3) is 2.75. The first kappa shape index (κ1) is 11.0. The zero-order chi connectivity index (χ0) is 12.3. The van der Waals surface area contributed by atoms with Gasteiger partial charge in [-0.05, 0) is 24.3 Å². The topological polar surface area (TPSA) is 72.3 Å². The second-order valence-electron chi connectivity index (χ2n) is 3.12. The third-order valence-electron chi connectivity index (χ3n) is 1.94. The van der Waals surface area contributed by atoms with Crippen molar-refractivity contribution in [2.24, 2.45) is 0 Å². The van der Waals surface area contributed by atoms with Gasteiger partial charge in [-0.15, -0.1) is 0 Å². The Hall–Kier alpha value is -2.50. The van der Waals surface area contributed by atoms with E-state index in [1.165, 1.54) is 36.7 Å². The molecule has 6 heteroatoms. The molecule has 0 atom stereocenters. The fourth-order valence-electron chi connectivity index (χ4n) is 1.22.